The number of carbonyl (C=O) groups is 7. The van der Waals surface area contributed by atoms with Crippen molar-refractivity contribution in [1.29, 1.82) is 5.26 Å². The maximum Gasteiger partial charge on any atom is 0.415 e. The second-order valence-electron chi connectivity index (χ2n) is 25.6. The van der Waals surface area contributed by atoms with Crippen molar-refractivity contribution in [2.45, 2.75) is 170 Å². The molecule has 0 saturated heterocycles. The Bertz CT molecular complexity index is 2840. The maximum atomic E-state index is 13.6. The number of aliphatic carboxylic acids is 1. The molecule has 11 atom stereocenters. The van der Waals surface area contributed by atoms with Gasteiger partial charge in [-0.2, -0.15) is 5.26 Å². The number of fused-ring (bicyclic) bond motifs is 6. The number of benzene rings is 1. The fourth-order valence-corrected chi connectivity index (χ4v) is 15.9. The van der Waals surface area contributed by atoms with Crippen LogP contribution in [0.5, 0.6) is 5.75 Å². The summed E-state index contributed by atoms with van der Waals surface area (Å²) in [5, 5.41) is 47.2. The predicted octanol–water partition coefficient (Wildman–Crippen LogP) is 8.33. The minimum Gasteiger partial charge on any atom is -0.480 e. The minimum absolute atomic E-state index is 0.0559. The van der Waals surface area contributed by atoms with E-state index in [-0.39, 0.29) is 147 Å². The molecule has 1 unspecified atom stereocenters. The number of hydrogen-bond acceptors (Lipinski definition) is 15. The molecule has 0 aliphatic heterocycles. The first-order valence-corrected chi connectivity index (χ1v) is 30.9. The first-order valence-electron chi connectivity index (χ1n) is 30.1. The number of nitriles is 1. The zero-order valence-electron chi connectivity index (χ0n) is 50.3. The highest BCUT2D eigenvalue weighted by atomic mass is 32.1. The molecule has 5 N–H and O–H groups in total. The molecule has 1 heterocycles. The zero-order chi connectivity index (χ0) is 60.6. The van der Waals surface area contributed by atoms with E-state index in [1.165, 1.54) is 21.1 Å². The van der Waals surface area contributed by atoms with Crippen LogP contribution in [0.1, 0.15) is 157 Å². The maximum absolute atomic E-state index is 13.6. The van der Waals surface area contributed by atoms with Gasteiger partial charge in [-0.3, -0.25) is 24.0 Å². The van der Waals surface area contributed by atoms with E-state index in [2.05, 4.69) is 36.4 Å². The third kappa shape index (κ3) is 15.3. The summed E-state index contributed by atoms with van der Waals surface area (Å²) in [4.78, 5) is 98.6. The number of Topliss-reactive ketones (excluding diaryl/α,β-unsaturated/α-hetero) is 2. The van der Waals surface area contributed by atoms with Crippen molar-refractivity contribution in [1.82, 2.24) is 25.4 Å². The van der Waals surface area contributed by atoms with E-state index in [1.54, 1.807) is 59.9 Å². The van der Waals surface area contributed by atoms with Crippen LogP contribution in [0.3, 0.4) is 0 Å². The Labute approximate surface area is 493 Å². The molecule has 5 aliphatic rings. The lowest BCUT2D eigenvalue weighted by atomic mass is 9.43. The van der Waals surface area contributed by atoms with Gasteiger partial charge in [0.05, 0.1) is 48.9 Å². The van der Waals surface area contributed by atoms with Crippen molar-refractivity contribution in [3.05, 3.63) is 45.5 Å². The van der Waals surface area contributed by atoms with Crippen LogP contribution in [0.4, 0.5) is 4.79 Å². The number of aliphatic hydroxyl groups is 2. The molecular formula is C63H90N6O13S. The number of likely N-dealkylation sites (N-methyl/N-ethyl adjacent to an activating group) is 1. The van der Waals surface area contributed by atoms with Gasteiger partial charge in [0, 0.05) is 86.3 Å². The summed E-state index contributed by atoms with van der Waals surface area (Å²) in [6.07, 6.45) is 8.71. The van der Waals surface area contributed by atoms with Gasteiger partial charge in [-0.1, -0.05) is 34.6 Å². The number of carboxylic acid groups (broad SMARTS) is 1. The smallest absolute Gasteiger partial charge is 0.415 e. The molecule has 1 aromatic heterocycles. The molecular weight excluding hydrogens is 1080 g/mol. The molecule has 20 heteroatoms. The molecule has 0 spiro atoms. The van der Waals surface area contributed by atoms with Gasteiger partial charge in [-0.25, -0.2) is 14.6 Å². The Kier molecular flexibility index (Phi) is 22.0. The number of carbonyl (C=O) groups excluding carboxylic acids is 6. The molecule has 5 aliphatic carbocycles. The molecule has 0 radical (unpaired) electrons. The third-order valence-corrected chi connectivity index (χ3v) is 20.9. The van der Waals surface area contributed by atoms with Crippen molar-refractivity contribution < 1.29 is 63.1 Å². The van der Waals surface area contributed by atoms with E-state index in [9.17, 15) is 54.1 Å². The normalized spacial score (nSPS) is 26.8. The lowest BCUT2D eigenvalue weighted by molar-refractivity contribution is -0.174. The van der Waals surface area contributed by atoms with Crippen molar-refractivity contribution >= 4 is 62.9 Å². The molecule has 1 aromatic carbocycles. The average molecular weight is 1170 g/mol. The lowest BCUT2D eigenvalue weighted by Gasteiger charge is -2.62. The molecule has 83 heavy (non-hydrogen) atoms. The highest BCUT2D eigenvalue weighted by Crippen LogP contribution is 2.68. The van der Waals surface area contributed by atoms with Gasteiger partial charge < -0.3 is 50.0 Å². The summed E-state index contributed by atoms with van der Waals surface area (Å²) in [7, 11) is 1.60. The molecule has 0 bridgehead atoms. The predicted molar refractivity (Wildman–Crippen MR) is 313 cm³/mol. The largest absolute Gasteiger partial charge is 0.480 e. The first-order chi connectivity index (χ1) is 39.3. The van der Waals surface area contributed by atoms with Crippen LogP contribution in [0.15, 0.2) is 40.5 Å². The summed E-state index contributed by atoms with van der Waals surface area (Å²) in [6, 6.07) is 5.86. The average Bonchev–Trinajstić information content (AvgIpc) is 4.28. The fraction of sp³-hybridized carbons (Fsp3) is 0.698. The lowest BCUT2D eigenvalue weighted by Crippen LogP contribution is -2.58. The number of rotatable bonds is 27. The second kappa shape index (κ2) is 28.1. The van der Waals surface area contributed by atoms with Crippen LogP contribution in [0, 0.1) is 63.1 Å². The number of nitrogens with zero attached hydrogens (tertiary/aromatic N) is 4. The van der Waals surface area contributed by atoms with Gasteiger partial charge >= 0.3 is 12.1 Å². The van der Waals surface area contributed by atoms with E-state index in [1.807, 2.05) is 6.07 Å². The third-order valence-electron chi connectivity index (χ3n) is 20.0. The number of unbranched alkanes of at least 4 members (excludes halogenated alkanes) is 1. The highest BCUT2D eigenvalue weighted by Gasteiger charge is 2.63. The van der Waals surface area contributed by atoms with Crippen molar-refractivity contribution in [2.75, 3.05) is 59.7 Å². The topological polar surface area (TPSA) is 275 Å². The molecule has 4 fully saturated rings. The van der Waals surface area contributed by atoms with Crippen LogP contribution in [0.25, 0.3) is 10.2 Å². The Morgan fingerprint density at radius 2 is 1.55 bits per heavy atom. The van der Waals surface area contributed by atoms with Crippen LogP contribution in [-0.2, 0) is 38.2 Å². The van der Waals surface area contributed by atoms with Crippen molar-refractivity contribution in [3.63, 3.8) is 0 Å². The zero-order valence-corrected chi connectivity index (χ0v) is 51.1. The number of hydrogen-bond donors (Lipinski definition) is 5. The van der Waals surface area contributed by atoms with E-state index in [0.29, 0.717) is 82.0 Å². The second-order valence-corrected chi connectivity index (χ2v) is 26.7. The fourth-order valence-electron chi connectivity index (χ4n) is 15.1. The summed E-state index contributed by atoms with van der Waals surface area (Å²) >= 11 is 1.17. The van der Waals surface area contributed by atoms with Crippen LogP contribution < -0.4 is 15.4 Å². The number of allylic oxidation sites excluding steroid dienone is 4. The molecule has 4 saturated carbocycles. The standard InChI is InChI=1S/C63H90N6O13S/c1-37(44-15-16-45-55-46(20-23-63(44,45)8)62(7)22-19-42(70)32-41(62)33-49(55)71)13-18-52(73)66-48(59(77)78)12-10-11-24-65-51(72)21-28-80-30-31-81-29-27-69(60(79)82-43-14-17-47-50(34-43)83-53(36-64)67-47)26-25-68(9)54(74)35-61(5,6)56-40(4)57(75)38(2)39(3)58(56)76/h14,17,34,37,41-42,44-46,48-49,55,70-71H,10-13,15-16,18-33,35H2,1-9H3,(H,65,72)(H,66,73)(H,77,78)/t37-,41+,42-,44-,45+,46+,48?,49-,55+,62+,63-/m1/s1. The molecule has 456 valence electrons. The summed E-state index contributed by atoms with van der Waals surface area (Å²) in [6.45, 7) is 16.6. The highest BCUT2D eigenvalue weighted by molar-refractivity contribution is 7.19. The number of aliphatic hydroxyl groups excluding tert-OH is 2. The number of thiazole rings is 1. The summed E-state index contributed by atoms with van der Waals surface area (Å²) in [5.74, 6) is 0.163. The SMILES string of the molecule is CC1=C(C)C(=O)C(C(C)(C)CC(=O)N(C)CCN(CCOCCOCCC(=O)NCCCCC(NC(=O)CC[C@@H](C)[C@H]2CC[C@H]3[C@@H]4[C@H](O)C[C@@H]5C[C@H](O)CC[C@]5(C)[C@H]4CC[C@]23C)C(=O)O)C(=O)Oc2ccc3nc(C#N)sc3c2)=C(C)C1=O. The Morgan fingerprint density at radius 3 is 2.28 bits per heavy atom. The summed E-state index contributed by atoms with van der Waals surface area (Å²) in [5.41, 5.74) is 1.32. The quantitative estimate of drug-likeness (QED) is 0.0415. The summed E-state index contributed by atoms with van der Waals surface area (Å²) < 4.78 is 17.8. The number of ketones is 2. The van der Waals surface area contributed by atoms with Gasteiger partial charge in [-0.05, 0) is 156 Å². The Balaban J connectivity index is 0.776. The molecule has 2 aromatic rings. The number of nitrogens with one attached hydrogen (secondary N) is 2. The first kappa shape index (κ1) is 65.0. The molecule has 19 nitrogen and oxygen atoms in total. The molecule has 7 rings (SSSR count). The van der Waals surface area contributed by atoms with E-state index in [0.717, 1.165) is 51.4 Å². The minimum atomic E-state index is -1.09. The number of ether oxygens (including phenoxy) is 3. The number of aromatic nitrogens is 1. The van der Waals surface area contributed by atoms with Gasteiger partial charge in [0.25, 0.3) is 0 Å². The van der Waals surface area contributed by atoms with E-state index in [4.69, 9.17) is 14.2 Å². The number of carboxylic acids is 1. The van der Waals surface area contributed by atoms with Gasteiger partial charge in [0.1, 0.15) is 17.9 Å². The van der Waals surface area contributed by atoms with Gasteiger partial charge in [-0.15, -0.1) is 11.3 Å². The van der Waals surface area contributed by atoms with Crippen LogP contribution in [0.2, 0.25) is 0 Å². The Hall–Kier alpha value is -5.59. The van der Waals surface area contributed by atoms with Crippen molar-refractivity contribution in [2.24, 2.45) is 51.8 Å². The van der Waals surface area contributed by atoms with E-state index < -0.39 is 23.5 Å². The number of amides is 4. The van der Waals surface area contributed by atoms with E-state index >= 15 is 0 Å². The Morgan fingerprint density at radius 1 is 0.855 bits per heavy atom. The molecule has 4 amide bonds. The van der Waals surface area contributed by atoms with Crippen LogP contribution >= 0.6 is 11.3 Å². The van der Waals surface area contributed by atoms with Gasteiger partial charge in [0.2, 0.25) is 17.7 Å². The van der Waals surface area contributed by atoms with Crippen molar-refractivity contribution in [3.8, 4) is 11.8 Å². The van der Waals surface area contributed by atoms with Crippen LogP contribution in [-0.4, -0.2) is 149 Å². The monoisotopic (exact) mass is 1170 g/mol. The van der Waals surface area contributed by atoms with Gasteiger partial charge in [0.15, 0.2) is 16.6 Å².